The second-order valence-corrected chi connectivity index (χ2v) is 8.59. The zero-order valence-electron chi connectivity index (χ0n) is 13.2. The van der Waals surface area contributed by atoms with Crippen LogP contribution < -0.4 is 5.32 Å². The summed E-state index contributed by atoms with van der Waals surface area (Å²) in [5.74, 6) is -0.524. The van der Waals surface area contributed by atoms with Crippen LogP contribution in [0.25, 0.3) is 0 Å². The van der Waals surface area contributed by atoms with Gasteiger partial charge in [0.25, 0.3) is 0 Å². The fraction of sp³-hybridized carbons (Fsp3) is 0.188. The first kappa shape index (κ1) is 20.0. The Kier molecular flexibility index (Phi) is 6.71. The summed E-state index contributed by atoms with van der Waals surface area (Å²) in [6.45, 7) is -0.309. The molecule has 2 rings (SSSR count). The van der Waals surface area contributed by atoms with Gasteiger partial charge in [0.15, 0.2) is 0 Å². The number of benzene rings is 2. The van der Waals surface area contributed by atoms with E-state index in [4.69, 9.17) is 34.8 Å². The van der Waals surface area contributed by atoms with Crippen LogP contribution in [0.3, 0.4) is 0 Å². The van der Waals surface area contributed by atoms with Gasteiger partial charge in [0.1, 0.15) is 0 Å². The van der Waals surface area contributed by atoms with Gasteiger partial charge in [-0.15, -0.1) is 0 Å². The molecule has 0 radical (unpaired) electrons. The molecule has 25 heavy (non-hydrogen) atoms. The number of rotatable bonds is 6. The summed E-state index contributed by atoms with van der Waals surface area (Å²) in [6, 6.07) is 11.3. The van der Waals surface area contributed by atoms with Gasteiger partial charge < -0.3 is 5.32 Å². The summed E-state index contributed by atoms with van der Waals surface area (Å²) in [5.41, 5.74) is 1.03. The number of hydrogen-bond donors (Lipinski definition) is 1. The molecule has 0 bridgehead atoms. The van der Waals surface area contributed by atoms with Gasteiger partial charge in [0.2, 0.25) is 15.9 Å². The summed E-state index contributed by atoms with van der Waals surface area (Å²) in [4.78, 5) is 12.2. The minimum absolute atomic E-state index is 0.0483. The molecule has 0 saturated heterocycles. The minimum atomic E-state index is -3.60. The van der Waals surface area contributed by atoms with Crippen LogP contribution >= 0.6 is 34.8 Å². The van der Waals surface area contributed by atoms with Crippen LogP contribution in [0.1, 0.15) is 5.56 Å². The van der Waals surface area contributed by atoms with Gasteiger partial charge in [-0.3, -0.25) is 4.79 Å². The molecule has 134 valence electrons. The highest BCUT2D eigenvalue weighted by Gasteiger charge is 2.21. The molecule has 0 atom stereocenters. The lowest BCUT2D eigenvalue weighted by Crippen LogP contribution is -2.36. The normalized spacial score (nSPS) is 11.6. The van der Waals surface area contributed by atoms with Crippen molar-refractivity contribution < 1.29 is 13.2 Å². The first-order valence-electron chi connectivity index (χ1n) is 7.09. The number of nitrogens with zero attached hydrogens (tertiary/aromatic N) is 1. The summed E-state index contributed by atoms with van der Waals surface area (Å²) in [5, 5.41) is 3.82. The molecule has 0 aromatic heterocycles. The predicted octanol–water partition coefficient (Wildman–Crippen LogP) is 4.05. The molecule has 2 aromatic carbocycles. The highest BCUT2D eigenvalue weighted by Crippen LogP contribution is 2.25. The number of amides is 1. The van der Waals surface area contributed by atoms with Crippen molar-refractivity contribution in [2.75, 3.05) is 18.1 Å². The van der Waals surface area contributed by atoms with Crippen molar-refractivity contribution in [2.45, 2.75) is 6.54 Å². The molecular formula is C16H15Cl3N2O3S. The molecule has 0 spiro atoms. The maximum atomic E-state index is 12.2. The van der Waals surface area contributed by atoms with Crippen molar-refractivity contribution in [3.63, 3.8) is 0 Å². The van der Waals surface area contributed by atoms with Gasteiger partial charge in [-0.05, 0) is 35.9 Å². The van der Waals surface area contributed by atoms with E-state index in [1.54, 1.807) is 36.4 Å². The van der Waals surface area contributed by atoms with Crippen LogP contribution in [0.2, 0.25) is 15.1 Å². The standard InChI is InChI=1S/C16H15Cl3N2O3S/c1-25(23,24)21(9-11-2-4-12(17)5-3-11)10-16(22)20-15-8-13(18)6-7-14(15)19/h2-8H,9-10H2,1H3,(H,20,22). The van der Waals surface area contributed by atoms with Gasteiger partial charge in [-0.25, -0.2) is 8.42 Å². The Labute approximate surface area is 161 Å². The van der Waals surface area contributed by atoms with Gasteiger partial charge >= 0.3 is 0 Å². The number of anilines is 1. The molecule has 1 amide bonds. The molecule has 0 aliphatic heterocycles. The lowest BCUT2D eigenvalue weighted by Gasteiger charge is -2.20. The maximum Gasteiger partial charge on any atom is 0.239 e. The van der Waals surface area contributed by atoms with E-state index in [2.05, 4.69) is 5.32 Å². The van der Waals surface area contributed by atoms with Crippen LogP contribution in [0.5, 0.6) is 0 Å². The van der Waals surface area contributed by atoms with Crippen molar-refractivity contribution in [2.24, 2.45) is 0 Å². The molecule has 0 aliphatic carbocycles. The molecule has 1 N–H and O–H groups in total. The molecule has 0 unspecified atom stereocenters. The Hall–Kier alpha value is -1.31. The third-order valence-corrected chi connectivity index (χ3v) is 5.28. The van der Waals surface area contributed by atoms with E-state index in [9.17, 15) is 13.2 Å². The average Bonchev–Trinajstić information content (AvgIpc) is 2.51. The number of sulfonamides is 1. The van der Waals surface area contributed by atoms with Crippen molar-refractivity contribution in [1.82, 2.24) is 4.31 Å². The lowest BCUT2D eigenvalue weighted by atomic mass is 10.2. The van der Waals surface area contributed by atoms with Crippen LogP contribution in [0.4, 0.5) is 5.69 Å². The Morgan fingerprint density at radius 3 is 2.24 bits per heavy atom. The number of halogens is 3. The van der Waals surface area contributed by atoms with Gasteiger partial charge in [-0.1, -0.05) is 46.9 Å². The number of carbonyl (C=O) groups is 1. The maximum absolute atomic E-state index is 12.2. The molecular weight excluding hydrogens is 407 g/mol. The van der Waals surface area contributed by atoms with E-state index in [0.717, 1.165) is 10.6 Å². The Morgan fingerprint density at radius 1 is 1.04 bits per heavy atom. The first-order chi connectivity index (χ1) is 11.6. The monoisotopic (exact) mass is 420 g/mol. The Bertz CT molecular complexity index is 871. The fourth-order valence-corrected chi connectivity index (χ4v) is 3.23. The van der Waals surface area contributed by atoms with E-state index >= 15 is 0 Å². The van der Waals surface area contributed by atoms with E-state index in [1.807, 2.05) is 0 Å². The SMILES string of the molecule is CS(=O)(=O)N(CC(=O)Nc1cc(Cl)ccc1Cl)Cc1ccc(Cl)cc1. The summed E-state index contributed by atoms with van der Waals surface area (Å²) >= 11 is 17.7. The van der Waals surface area contributed by atoms with Gasteiger partial charge in [-0.2, -0.15) is 4.31 Å². The molecule has 9 heteroatoms. The van der Waals surface area contributed by atoms with Crippen LogP contribution in [-0.4, -0.2) is 31.4 Å². The number of hydrogen-bond acceptors (Lipinski definition) is 3. The average molecular weight is 422 g/mol. The second-order valence-electron chi connectivity index (χ2n) is 5.33. The zero-order valence-corrected chi connectivity index (χ0v) is 16.3. The molecule has 0 aliphatic rings. The first-order valence-corrected chi connectivity index (χ1v) is 10.1. The summed E-state index contributed by atoms with van der Waals surface area (Å²) < 4.78 is 25.0. The molecule has 0 saturated carbocycles. The lowest BCUT2D eigenvalue weighted by molar-refractivity contribution is -0.116. The van der Waals surface area contributed by atoms with Crippen LogP contribution in [0.15, 0.2) is 42.5 Å². The molecule has 0 fully saturated rings. The second kappa shape index (κ2) is 8.38. The van der Waals surface area contributed by atoms with E-state index in [-0.39, 0.29) is 13.1 Å². The largest absolute Gasteiger partial charge is 0.324 e. The predicted molar refractivity (Wildman–Crippen MR) is 102 cm³/mol. The highest BCUT2D eigenvalue weighted by molar-refractivity contribution is 7.88. The zero-order chi connectivity index (χ0) is 18.6. The van der Waals surface area contributed by atoms with Crippen LogP contribution in [0, 0.1) is 0 Å². The molecule has 2 aromatic rings. The molecule has 0 heterocycles. The van der Waals surface area contributed by atoms with Gasteiger partial charge in [0.05, 0.1) is 23.5 Å². The minimum Gasteiger partial charge on any atom is -0.324 e. The van der Waals surface area contributed by atoms with Gasteiger partial charge in [0, 0.05) is 16.6 Å². The smallest absolute Gasteiger partial charge is 0.239 e. The van der Waals surface area contributed by atoms with Crippen molar-refractivity contribution in [3.8, 4) is 0 Å². The van der Waals surface area contributed by atoms with E-state index in [1.165, 1.54) is 6.07 Å². The van der Waals surface area contributed by atoms with Crippen molar-refractivity contribution in [3.05, 3.63) is 63.1 Å². The number of nitrogens with one attached hydrogen (secondary N) is 1. The number of carbonyl (C=O) groups excluding carboxylic acids is 1. The Balaban J connectivity index is 2.12. The van der Waals surface area contributed by atoms with E-state index in [0.29, 0.717) is 26.3 Å². The fourth-order valence-electron chi connectivity index (χ4n) is 2.03. The quantitative estimate of drug-likeness (QED) is 0.765. The summed E-state index contributed by atoms with van der Waals surface area (Å²) in [6.07, 6.45) is 1.04. The highest BCUT2D eigenvalue weighted by atomic mass is 35.5. The van der Waals surface area contributed by atoms with Crippen LogP contribution in [-0.2, 0) is 21.4 Å². The third-order valence-electron chi connectivity index (χ3n) is 3.26. The third kappa shape index (κ3) is 6.17. The van der Waals surface area contributed by atoms with E-state index < -0.39 is 15.9 Å². The Morgan fingerprint density at radius 2 is 1.64 bits per heavy atom. The topological polar surface area (TPSA) is 66.5 Å². The molecule has 5 nitrogen and oxygen atoms in total. The van der Waals surface area contributed by atoms with Crippen molar-refractivity contribution >= 4 is 56.4 Å². The van der Waals surface area contributed by atoms with Crippen molar-refractivity contribution in [1.29, 1.82) is 0 Å². The summed E-state index contributed by atoms with van der Waals surface area (Å²) in [7, 11) is -3.60.